The van der Waals surface area contributed by atoms with Crippen molar-refractivity contribution in [2.75, 3.05) is 0 Å². The number of furan rings is 2. The largest absolute Gasteiger partial charge is 0.456 e. The van der Waals surface area contributed by atoms with Crippen LogP contribution in [0.4, 0.5) is 0 Å². The van der Waals surface area contributed by atoms with E-state index in [1.54, 1.807) is 0 Å². The average Bonchev–Trinajstić information content (AvgIpc) is 4.07. The van der Waals surface area contributed by atoms with Gasteiger partial charge in [-0.05, 0) is 82.1 Å². The van der Waals surface area contributed by atoms with Crippen molar-refractivity contribution in [3.63, 3.8) is 0 Å². The van der Waals surface area contributed by atoms with Crippen LogP contribution in [0, 0.1) is 0 Å². The second kappa shape index (κ2) is 13.3. The van der Waals surface area contributed by atoms with Crippen molar-refractivity contribution in [3.8, 4) is 5.69 Å². The van der Waals surface area contributed by atoms with E-state index in [2.05, 4.69) is 185 Å². The fourth-order valence-electron chi connectivity index (χ4n) is 10.8. The van der Waals surface area contributed by atoms with E-state index in [9.17, 15) is 0 Å². The van der Waals surface area contributed by atoms with Gasteiger partial charge in [-0.2, -0.15) is 0 Å². The second-order valence-corrected chi connectivity index (χ2v) is 17.0. The summed E-state index contributed by atoms with van der Waals surface area (Å²) in [6, 6.07) is 67.0. The van der Waals surface area contributed by atoms with Gasteiger partial charge in [0.1, 0.15) is 22.3 Å². The Morgan fingerprint density at radius 2 is 1.00 bits per heavy atom. The predicted octanol–water partition coefficient (Wildman–Crippen LogP) is 15.9. The molecule has 0 amide bonds. The number of hydrogen-bond donors (Lipinski definition) is 0. The van der Waals surface area contributed by atoms with Gasteiger partial charge in [-0.15, -0.1) is 0 Å². The quantitative estimate of drug-likeness (QED) is 0.178. The average molecular weight is 820 g/mol. The molecule has 0 radical (unpaired) electrons. The molecule has 0 spiro atoms. The highest BCUT2D eigenvalue weighted by Crippen LogP contribution is 2.46. The molecule has 14 rings (SSSR count). The summed E-state index contributed by atoms with van der Waals surface area (Å²) < 4.78 is 18.1. The van der Waals surface area contributed by atoms with E-state index < -0.39 is 6.17 Å². The van der Waals surface area contributed by atoms with Crippen molar-refractivity contribution in [2.45, 2.75) is 12.6 Å². The molecule has 64 heavy (non-hydrogen) atoms. The summed E-state index contributed by atoms with van der Waals surface area (Å²) in [4.78, 5) is 5.95. The molecule has 5 nitrogen and oxygen atoms in total. The summed E-state index contributed by atoms with van der Waals surface area (Å²) in [6.07, 6.45) is 2.42. The zero-order valence-electron chi connectivity index (χ0n) is 34.6. The van der Waals surface area contributed by atoms with Crippen molar-refractivity contribution in [2.24, 2.45) is 4.99 Å². The molecular weight excluding hydrogens is 783 g/mol. The molecule has 0 saturated heterocycles. The number of fused-ring (bicyclic) bond motifs is 13. The Labute approximate surface area is 366 Å². The minimum atomic E-state index is -0.488. The normalized spacial score (nSPS) is 14.9. The number of rotatable bonds is 4. The van der Waals surface area contributed by atoms with Gasteiger partial charge in [0, 0.05) is 66.9 Å². The highest BCUT2D eigenvalue weighted by molar-refractivity contribution is 6.21. The minimum absolute atomic E-state index is 0.488. The molecule has 0 fully saturated rings. The lowest BCUT2D eigenvalue weighted by molar-refractivity contribution is 0.660. The molecule has 0 N–H and O–H groups in total. The van der Waals surface area contributed by atoms with Crippen LogP contribution in [0.5, 0.6) is 0 Å². The van der Waals surface area contributed by atoms with Gasteiger partial charge in [0.25, 0.3) is 0 Å². The fourth-order valence-corrected chi connectivity index (χ4v) is 10.8. The zero-order chi connectivity index (χ0) is 42.0. The van der Waals surface area contributed by atoms with Crippen LogP contribution in [0.2, 0.25) is 0 Å². The van der Waals surface area contributed by atoms with Crippen LogP contribution in [0.3, 0.4) is 0 Å². The first-order valence-electron chi connectivity index (χ1n) is 21.9. The van der Waals surface area contributed by atoms with E-state index in [4.69, 9.17) is 20.4 Å². The van der Waals surface area contributed by atoms with Crippen LogP contribution in [0.25, 0.3) is 110 Å². The summed E-state index contributed by atoms with van der Waals surface area (Å²) >= 11 is 0. The van der Waals surface area contributed by atoms with Crippen LogP contribution in [0.1, 0.15) is 23.7 Å². The van der Waals surface area contributed by atoms with Gasteiger partial charge in [-0.25, -0.2) is 0 Å². The Kier molecular flexibility index (Phi) is 7.32. The van der Waals surface area contributed by atoms with Gasteiger partial charge in [0.2, 0.25) is 0 Å². The number of aliphatic imine (C=N–C) groups is 1. The molecule has 300 valence electrons. The maximum Gasteiger partial charge on any atom is 0.151 e. The number of aromatic nitrogens is 2. The predicted molar refractivity (Wildman–Crippen MR) is 266 cm³/mol. The lowest BCUT2D eigenvalue weighted by atomic mass is 9.92. The summed E-state index contributed by atoms with van der Waals surface area (Å²) in [7, 11) is 0. The highest BCUT2D eigenvalue weighted by atomic mass is 16.3. The molecule has 4 aromatic heterocycles. The SMILES string of the molecule is C=C1C(c2cccc3oc4ccccc4c23)=CCC(c2cc(-n3c4ccccc4c4cc5ccccc5cc43)cc3oc4ccccc4c23)=NC1n1c2ccccc2c2ccccc21. The summed E-state index contributed by atoms with van der Waals surface area (Å²) in [6.45, 7) is 4.99. The molecule has 5 heterocycles. The highest BCUT2D eigenvalue weighted by Gasteiger charge is 2.29. The Morgan fingerprint density at radius 3 is 1.70 bits per heavy atom. The molecule has 9 aromatic carbocycles. The van der Waals surface area contributed by atoms with Crippen LogP contribution >= 0.6 is 0 Å². The van der Waals surface area contributed by atoms with Gasteiger partial charge in [-0.3, -0.25) is 4.99 Å². The van der Waals surface area contributed by atoms with Gasteiger partial charge < -0.3 is 18.0 Å². The van der Waals surface area contributed by atoms with Crippen LogP contribution in [-0.4, -0.2) is 14.8 Å². The van der Waals surface area contributed by atoms with Crippen molar-refractivity contribution < 1.29 is 8.83 Å². The third-order valence-electron chi connectivity index (χ3n) is 13.6. The van der Waals surface area contributed by atoms with E-state index in [1.807, 2.05) is 18.2 Å². The van der Waals surface area contributed by atoms with Crippen molar-refractivity contribution >= 4 is 110 Å². The lowest BCUT2D eigenvalue weighted by Crippen LogP contribution is -2.12. The molecule has 0 aliphatic carbocycles. The Balaban J connectivity index is 1.08. The summed E-state index contributed by atoms with van der Waals surface area (Å²) in [5.41, 5.74) is 13.9. The number of hydrogen-bond acceptors (Lipinski definition) is 3. The van der Waals surface area contributed by atoms with E-state index in [0.29, 0.717) is 6.42 Å². The first-order chi connectivity index (χ1) is 31.7. The maximum atomic E-state index is 6.84. The third kappa shape index (κ3) is 4.98. The zero-order valence-corrected chi connectivity index (χ0v) is 34.6. The summed E-state index contributed by atoms with van der Waals surface area (Å²) in [5, 5.41) is 11.5. The number of benzene rings is 9. The molecule has 0 saturated carbocycles. The van der Waals surface area contributed by atoms with E-state index >= 15 is 0 Å². The summed E-state index contributed by atoms with van der Waals surface area (Å²) in [5.74, 6) is 0. The topological polar surface area (TPSA) is 48.5 Å². The molecule has 5 heteroatoms. The van der Waals surface area contributed by atoms with Crippen LogP contribution in [0.15, 0.2) is 220 Å². The minimum Gasteiger partial charge on any atom is -0.456 e. The van der Waals surface area contributed by atoms with Crippen molar-refractivity contribution in [1.29, 1.82) is 0 Å². The second-order valence-electron chi connectivity index (χ2n) is 17.0. The van der Waals surface area contributed by atoms with Crippen molar-refractivity contribution in [3.05, 3.63) is 217 Å². The van der Waals surface area contributed by atoms with Gasteiger partial charge >= 0.3 is 0 Å². The standard InChI is InChI=1S/C59H37N3O2/c1-35-39(43-22-14-28-55-57(43)44-20-7-12-26-53(44)63-55)29-30-48(60-59(35)62-50-24-10-4-17-40(50)41-18-5-11-25-51(41)62)47-33-38(34-56-58(47)45-21-8-13-27-54(45)64-56)61-49-23-9-6-19-42(49)46-31-36-15-2-3-16-37(36)32-52(46)61/h2-29,31-34,59H,1,30H2. The van der Waals surface area contributed by atoms with Gasteiger partial charge in [0.15, 0.2) is 6.17 Å². The Bertz CT molecular complexity index is 4150. The third-order valence-corrected chi connectivity index (χ3v) is 13.6. The molecule has 1 aliphatic heterocycles. The van der Waals surface area contributed by atoms with E-state index in [-0.39, 0.29) is 0 Å². The monoisotopic (exact) mass is 819 g/mol. The van der Waals surface area contributed by atoms with Crippen molar-refractivity contribution in [1.82, 2.24) is 9.13 Å². The van der Waals surface area contributed by atoms with Crippen LogP contribution < -0.4 is 0 Å². The number of nitrogens with zero attached hydrogens (tertiary/aromatic N) is 3. The Morgan fingerprint density at radius 1 is 0.453 bits per heavy atom. The lowest BCUT2D eigenvalue weighted by Gasteiger charge is -2.22. The number of allylic oxidation sites excluding steroid dienone is 1. The first-order valence-corrected chi connectivity index (χ1v) is 21.9. The molecule has 1 unspecified atom stereocenters. The van der Waals surface area contributed by atoms with Gasteiger partial charge in [-0.1, -0.05) is 140 Å². The Hall–Kier alpha value is -8.41. The fraction of sp³-hybridized carbons (Fsp3) is 0.0339. The van der Waals surface area contributed by atoms with Crippen LogP contribution in [-0.2, 0) is 0 Å². The molecule has 0 bridgehead atoms. The van der Waals surface area contributed by atoms with E-state index in [0.717, 1.165) is 99.6 Å². The number of para-hydroxylation sites is 5. The van der Waals surface area contributed by atoms with Gasteiger partial charge in [0.05, 0.1) is 27.8 Å². The molecule has 13 aromatic rings. The molecular formula is C59H37N3O2. The van der Waals surface area contributed by atoms with E-state index in [1.165, 1.54) is 32.3 Å². The molecule has 1 aliphatic rings. The molecule has 1 atom stereocenters. The smallest absolute Gasteiger partial charge is 0.151 e. The maximum absolute atomic E-state index is 6.84. The first kappa shape index (κ1) is 35.2.